The molecule has 0 unspecified atom stereocenters. The summed E-state index contributed by atoms with van der Waals surface area (Å²) in [6.07, 6.45) is 1.57. The summed E-state index contributed by atoms with van der Waals surface area (Å²) in [5.41, 5.74) is 1.30. The van der Waals surface area contributed by atoms with Crippen molar-refractivity contribution in [2.45, 2.75) is 6.04 Å². The Bertz CT molecular complexity index is 867. The third-order valence-corrected chi connectivity index (χ3v) is 3.63. The Hall–Kier alpha value is -3.52. The van der Waals surface area contributed by atoms with E-state index in [1.165, 1.54) is 0 Å². The molecule has 0 saturated carbocycles. The van der Waals surface area contributed by atoms with Crippen LogP contribution in [0.4, 0.5) is 0 Å². The van der Waals surface area contributed by atoms with Crippen molar-refractivity contribution in [1.82, 2.24) is 5.32 Å². The van der Waals surface area contributed by atoms with E-state index < -0.39 is 6.04 Å². The monoisotopic (exact) mass is 332 g/mol. The van der Waals surface area contributed by atoms with Gasteiger partial charge in [-0.2, -0.15) is 5.26 Å². The van der Waals surface area contributed by atoms with E-state index in [9.17, 15) is 4.79 Å². The first kappa shape index (κ1) is 16.3. The minimum atomic E-state index is -0.404. The van der Waals surface area contributed by atoms with Crippen LogP contribution in [0.25, 0.3) is 0 Å². The van der Waals surface area contributed by atoms with Crippen LogP contribution in [-0.4, -0.2) is 12.5 Å². The van der Waals surface area contributed by atoms with Crippen LogP contribution in [0.5, 0.6) is 5.75 Å². The molecule has 0 aliphatic carbocycles. The molecule has 1 aromatic heterocycles. The maximum absolute atomic E-state index is 12.3. The van der Waals surface area contributed by atoms with Crippen molar-refractivity contribution in [2.24, 2.45) is 0 Å². The normalized spacial score (nSPS) is 11.3. The van der Waals surface area contributed by atoms with Gasteiger partial charge in [0.1, 0.15) is 23.6 Å². The van der Waals surface area contributed by atoms with Crippen LogP contribution in [-0.2, 0) is 4.79 Å². The lowest BCUT2D eigenvalue weighted by atomic mass is 10.0. The zero-order valence-corrected chi connectivity index (χ0v) is 13.4. The number of ether oxygens (including phenoxy) is 1. The molecule has 1 amide bonds. The molecule has 0 bridgehead atoms. The number of rotatable bonds is 6. The standard InChI is InChI=1S/C20H16N2O3/c21-13-16-9-4-5-10-17(16)25-14-19(23)22-20(18-11-6-12-24-18)15-7-2-1-3-8-15/h1-12,20H,14H2,(H,22,23)/t20-/m0/s1. The van der Waals surface area contributed by atoms with Crippen LogP contribution in [0.2, 0.25) is 0 Å². The molecule has 25 heavy (non-hydrogen) atoms. The molecule has 0 saturated heterocycles. The van der Waals surface area contributed by atoms with Crippen LogP contribution in [0.3, 0.4) is 0 Å². The number of nitriles is 1. The summed E-state index contributed by atoms with van der Waals surface area (Å²) >= 11 is 0. The molecule has 0 fully saturated rings. The molecule has 0 aliphatic rings. The summed E-state index contributed by atoms with van der Waals surface area (Å²) in [5.74, 6) is 0.712. The van der Waals surface area contributed by atoms with E-state index in [0.717, 1.165) is 5.56 Å². The van der Waals surface area contributed by atoms with Gasteiger partial charge in [-0.1, -0.05) is 42.5 Å². The molecule has 0 aliphatic heterocycles. The summed E-state index contributed by atoms with van der Waals surface area (Å²) < 4.78 is 10.9. The Kier molecular flexibility index (Phi) is 5.13. The fourth-order valence-corrected chi connectivity index (χ4v) is 2.45. The Morgan fingerprint density at radius 2 is 1.84 bits per heavy atom. The highest BCUT2D eigenvalue weighted by Gasteiger charge is 2.19. The fraction of sp³-hybridized carbons (Fsp3) is 0.100. The van der Waals surface area contributed by atoms with Crippen LogP contribution < -0.4 is 10.1 Å². The second-order valence-electron chi connectivity index (χ2n) is 5.32. The molecule has 0 spiro atoms. The maximum Gasteiger partial charge on any atom is 0.258 e. The fourth-order valence-electron chi connectivity index (χ4n) is 2.45. The van der Waals surface area contributed by atoms with Gasteiger partial charge in [-0.3, -0.25) is 4.79 Å². The smallest absolute Gasteiger partial charge is 0.258 e. The first-order valence-electron chi connectivity index (χ1n) is 7.77. The minimum Gasteiger partial charge on any atom is -0.482 e. The van der Waals surface area contributed by atoms with Crippen molar-refractivity contribution >= 4 is 5.91 Å². The van der Waals surface area contributed by atoms with E-state index in [0.29, 0.717) is 17.1 Å². The number of hydrogen-bond acceptors (Lipinski definition) is 4. The number of nitrogens with zero attached hydrogens (tertiary/aromatic N) is 1. The highest BCUT2D eigenvalue weighted by Crippen LogP contribution is 2.22. The first-order chi connectivity index (χ1) is 12.3. The number of para-hydroxylation sites is 1. The Balaban J connectivity index is 1.70. The Morgan fingerprint density at radius 1 is 1.08 bits per heavy atom. The molecule has 124 valence electrons. The number of nitrogens with one attached hydrogen (secondary N) is 1. The second-order valence-corrected chi connectivity index (χ2v) is 5.32. The van der Waals surface area contributed by atoms with Crippen molar-refractivity contribution in [2.75, 3.05) is 6.61 Å². The summed E-state index contributed by atoms with van der Waals surface area (Å²) in [5, 5.41) is 12.0. The highest BCUT2D eigenvalue weighted by atomic mass is 16.5. The number of carbonyl (C=O) groups is 1. The third-order valence-electron chi connectivity index (χ3n) is 3.63. The molecule has 0 radical (unpaired) electrons. The lowest BCUT2D eigenvalue weighted by Crippen LogP contribution is -2.33. The molecule has 5 heteroatoms. The van der Waals surface area contributed by atoms with E-state index >= 15 is 0 Å². The van der Waals surface area contributed by atoms with Crippen LogP contribution in [0, 0.1) is 11.3 Å². The van der Waals surface area contributed by atoms with Crippen LogP contribution >= 0.6 is 0 Å². The number of carbonyl (C=O) groups excluding carboxylic acids is 1. The largest absolute Gasteiger partial charge is 0.482 e. The van der Waals surface area contributed by atoms with E-state index in [4.69, 9.17) is 14.4 Å². The van der Waals surface area contributed by atoms with Gasteiger partial charge in [-0.05, 0) is 29.8 Å². The van der Waals surface area contributed by atoms with Gasteiger partial charge >= 0.3 is 0 Å². The molecular formula is C20H16N2O3. The zero-order chi connectivity index (χ0) is 17.5. The van der Waals surface area contributed by atoms with E-state index in [1.807, 2.05) is 42.5 Å². The van der Waals surface area contributed by atoms with Crippen molar-refractivity contribution in [3.63, 3.8) is 0 Å². The van der Waals surface area contributed by atoms with Gasteiger partial charge in [-0.15, -0.1) is 0 Å². The second kappa shape index (κ2) is 7.84. The molecule has 1 N–H and O–H groups in total. The van der Waals surface area contributed by atoms with Gasteiger partial charge in [0.15, 0.2) is 6.61 Å². The maximum atomic E-state index is 12.3. The van der Waals surface area contributed by atoms with E-state index in [-0.39, 0.29) is 12.5 Å². The molecule has 3 rings (SSSR count). The van der Waals surface area contributed by atoms with Crippen molar-refractivity contribution in [3.8, 4) is 11.8 Å². The molecule has 3 aromatic rings. The highest BCUT2D eigenvalue weighted by molar-refractivity contribution is 5.78. The summed E-state index contributed by atoms with van der Waals surface area (Å²) in [6, 6.07) is 21.6. The molecule has 5 nitrogen and oxygen atoms in total. The quantitative estimate of drug-likeness (QED) is 0.750. The predicted molar refractivity (Wildman–Crippen MR) is 91.8 cm³/mol. The van der Waals surface area contributed by atoms with E-state index in [2.05, 4.69) is 5.32 Å². The summed E-state index contributed by atoms with van der Waals surface area (Å²) in [7, 11) is 0. The van der Waals surface area contributed by atoms with Crippen molar-refractivity contribution < 1.29 is 13.9 Å². The van der Waals surface area contributed by atoms with Crippen molar-refractivity contribution in [3.05, 3.63) is 89.9 Å². The topological polar surface area (TPSA) is 75.3 Å². The number of furan rings is 1. The van der Waals surface area contributed by atoms with Gasteiger partial charge in [0, 0.05) is 0 Å². The lowest BCUT2D eigenvalue weighted by Gasteiger charge is -2.17. The SMILES string of the molecule is N#Cc1ccccc1OCC(=O)N[C@@H](c1ccccc1)c1ccco1. The van der Waals surface area contributed by atoms with Gasteiger partial charge in [0.2, 0.25) is 0 Å². The van der Waals surface area contributed by atoms with Crippen LogP contribution in [0.15, 0.2) is 77.4 Å². The zero-order valence-electron chi connectivity index (χ0n) is 13.4. The number of amides is 1. The third kappa shape index (κ3) is 4.06. The van der Waals surface area contributed by atoms with Crippen LogP contribution in [0.1, 0.15) is 22.9 Å². The summed E-state index contributed by atoms with van der Waals surface area (Å²) in [4.78, 5) is 12.3. The molecule has 2 aromatic carbocycles. The first-order valence-corrected chi connectivity index (χ1v) is 7.77. The minimum absolute atomic E-state index is 0.192. The molecular weight excluding hydrogens is 316 g/mol. The van der Waals surface area contributed by atoms with Gasteiger partial charge in [0.25, 0.3) is 5.91 Å². The average molecular weight is 332 g/mol. The number of hydrogen-bond donors (Lipinski definition) is 1. The Morgan fingerprint density at radius 3 is 2.56 bits per heavy atom. The predicted octanol–water partition coefficient (Wildman–Crippen LogP) is 3.44. The molecule has 1 atom stereocenters. The summed E-state index contributed by atoms with van der Waals surface area (Å²) in [6.45, 7) is -0.192. The van der Waals surface area contributed by atoms with Gasteiger partial charge < -0.3 is 14.5 Å². The Labute approximate surface area is 145 Å². The number of benzene rings is 2. The van der Waals surface area contributed by atoms with E-state index in [1.54, 1.807) is 36.6 Å². The van der Waals surface area contributed by atoms with Gasteiger partial charge in [0.05, 0.1) is 11.8 Å². The van der Waals surface area contributed by atoms with Gasteiger partial charge in [-0.25, -0.2) is 0 Å². The average Bonchev–Trinajstić information content (AvgIpc) is 3.20. The van der Waals surface area contributed by atoms with Crippen molar-refractivity contribution in [1.29, 1.82) is 5.26 Å². The lowest BCUT2D eigenvalue weighted by molar-refractivity contribution is -0.123. The molecule has 1 heterocycles.